The minimum Gasteiger partial charge on any atom is -0.359 e. The number of alkyl halides is 6. The van der Waals surface area contributed by atoms with E-state index in [0.717, 1.165) is 18.2 Å². The zero-order valence-electron chi connectivity index (χ0n) is 17.8. The molecule has 4 atom stereocenters. The van der Waals surface area contributed by atoms with Gasteiger partial charge in [-0.25, -0.2) is 9.29 Å². The van der Waals surface area contributed by atoms with Crippen molar-refractivity contribution in [3.05, 3.63) is 71.0 Å². The molecule has 3 nitrogen and oxygen atoms in total. The third kappa shape index (κ3) is 5.31. The monoisotopic (exact) mass is 476 g/mol. The topological polar surface area (TPSA) is 32.3 Å². The van der Waals surface area contributed by atoms with E-state index in [1.165, 1.54) is 14.0 Å². The maximum atomic E-state index is 14.2. The van der Waals surface area contributed by atoms with Crippen LogP contribution in [0.5, 0.6) is 0 Å². The van der Waals surface area contributed by atoms with Gasteiger partial charge in [0.05, 0.1) is 5.92 Å². The number of nitrogens with one attached hydrogen (secondary N) is 1. The summed E-state index contributed by atoms with van der Waals surface area (Å²) >= 11 is 0. The van der Waals surface area contributed by atoms with Crippen molar-refractivity contribution in [3.63, 3.8) is 0 Å². The highest BCUT2D eigenvalue weighted by Crippen LogP contribution is 2.50. The second kappa shape index (κ2) is 9.32. The lowest BCUT2D eigenvalue weighted by Crippen LogP contribution is -2.64. The fourth-order valence-electron chi connectivity index (χ4n) is 4.83. The van der Waals surface area contributed by atoms with Gasteiger partial charge in [-0.2, -0.15) is 26.3 Å². The molecule has 1 heterocycles. The second-order valence-corrected chi connectivity index (χ2v) is 8.22. The lowest BCUT2D eigenvalue weighted by Gasteiger charge is -2.49. The van der Waals surface area contributed by atoms with E-state index in [0.29, 0.717) is 5.56 Å². The standard InChI is InChI=1S/C23H23F7N2O/c1-13-10-16(24)8-9-17(13)19-18(21(33)31-2)15(11-14-6-4-3-5-7-14)12-32(23(28,29)30)20(19)22(25,26)27/h3-10,15,18-20H,11-12H2,1-2H3,(H,31,33). The molecule has 3 rings (SSSR count). The van der Waals surface area contributed by atoms with Crippen LogP contribution in [0.3, 0.4) is 0 Å². The van der Waals surface area contributed by atoms with E-state index in [1.54, 1.807) is 30.3 Å². The fraction of sp³-hybridized carbons (Fsp3) is 0.435. The molecule has 180 valence electrons. The third-order valence-electron chi connectivity index (χ3n) is 6.14. The number of carbonyl (C=O) groups is 1. The van der Waals surface area contributed by atoms with Crippen molar-refractivity contribution in [2.24, 2.45) is 11.8 Å². The smallest absolute Gasteiger partial charge is 0.359 e. The van der Waals surface area contributed by atoms with Gasteiger partial charge in [-0.1, -0.05) is 36.4 Å². The third-order valence-corrected chi connectivity index (χ3v) is 6.14. The Hall–Kier alpha value is -2.62. The molecule has 1 saturated heterocycles. The number of nitrogens with zero attached hydrogens (tertiary/aromatic N) is 1. The Balaban J connectivity index is 2.24. The van der Waals surface area contributed by atoms with Crippen LogP contribution < -0.4 is 5.32 Å². The summed E-state index contributed by atoms with van der Waals surface area (Å²) in [6.45, 7) is 0.322. The molecule has 1 fully saturated rings. The molecule has 1 amide bonds. The van der Waals surface area contributed by atoms with E-state index in [-0.39, 0.29) is 17.5 Å². The Morgan fingerprint density at radius 3 is 2.21 bits per heavy atom. The molecule has 2 aromatic rings. The zero-order valence-corrected chi connectivity index (χ0v) is 17.8. The van der Waals surface area contributed by atoms with Gasteiger partial charge in [0, 0.05) is 19.5 Å². The van der Waals surface area contributed by atoms with E-state index in [9.17, 15) is 35.5 Å². The highest BCUT2D eigenvalue weighted by molar-refractivity contribution is 5.80. The molecule has 0 radical (unpaired) electrons. The molecule has 1 aliphatic rings. The minimum absolute atomic E-state index is 0.0349. The molecule has 0 saturated carbocycles. The quantitative estimate of drug-likeness (QED) is 0.486. The largest absolute Gasteiger partial charge is 0.460 e. The van der Waals surface area contributed by atoms with Crippen LogP contribution in [0.1, 0.15) is 22.6 Å². The maximum absolute atomic E-state index is 14.2. The second-order valence-electron chi connectivity index (χ2n) is 8.22. The van der Waals surface area contributed by atoms with Crippen molar-refractivity contribution in [1.29, 1.82) is 0 Å². The number of benzene rings is 2. The first-order chi connectivity index (χ1) is 15.3. The predicted molar refractivity (Wildman–Crippen MR) is 108 cm³/mol. The summed E-state index contributed by atoms with van der Waals surface area (Å²) in [7, 11) is 1.23. The van der Waals surface area contributed by atoms with E-state index in [1.807, 2.05) is 0 Å². The summed E-state index contributed by atoms with van der Waals surface area (Å²) in [5, 5.41) is 2.33. The van der Waals surface area contributed by atoms with Gasteiger partial charge in [-0.3, -0.25) is 4.79 Å². The summed E-state index contributed by atoms with van der Waals surface area (Å²) in [5.41, 5.74) is 0.503. The number of hydrogen-bond acceptors (Lipinski definition) is 2. The van der Waals surface area contributed by atoms with Crippen LogP contribution in [0.15, 0.2) is 48.5 Å². The van der Waals surface area contributed by atoms with Gasteiger partial charge in [-0.05, 0) is 48.1 Å². The molecule has 4 unspecified atom stereocenters. The van der Waals surface area contributed by atoms with Crippen LogP contribution in [0.25, 0.3) is 0 Å². The SMILES string of the molecule is CNC(=O)C1C(Cc2ccccc2)CN(C(F)(F)F)C(C(F)(F)F)C1c1ccc(F)cc1C. The molecule has 0 bridgehead atoms. The number of piperidine rings is 1. The first-order valence-corrected chi connectivity index (χ1v) is 10.3. The summed E-state index contributed by atoms with van der Waals surface area (Å²) in [4.78, 5) is 12.4. The van der Waals surface area contributed by atoms with Crippen molar-refractivity contribution in [2.45, 2.75) is 37.8 Å². The Labute approximate surface area is 186 Å². The van der Waals surface area contributed by atoms with Gasteiger partial charge in [0.15, 0.2) is 0 Å². The average molecular weight is 476 g/mol. The fourth-order valence-corrected chi connectivity index (χ4v) is 4.83. The zero-order chi connectivity index (χ0) is 24.6. The highest BCUT2D eigenvalue weighted by Gasteiger charge is 2.63. The molecule has 1 aliphatic heterocycles. The summed E-state index contributed by atoms with van der Waals surface area (Å²) in [6.07, 6.45) is -10.6. The summed E-state index contributed by atoms with van der Waals surface area (Å²) in [5.74, 6) is -5.93. The maximum Gasteiger partial charge on any atom is 0.460 e. The molecule has 10 heteroatoms. The van der Waals surface area contributed by atoms with Gasteiger partial charge in [0.1, 0.15) is 11.9 Å². The van der Waals surface area contributed by atoms with E-state index in [4.69, 9.17) is 0 Å². The van der Waals surface area contributed by atoms with Gasteiger partial charge in [0.2, 0.25) is 5.91 Å². The molecule has 0 aliphatic carbocycles. The van der Waals surface area contributed by atoms with Gasteiger partial charge >= 0.3 is 12.5 Å². The van der Waals surface area contributed by atoms with Gasteiger partial charge in [0.25, 0.3) is 0 Å². The normalized spacial score (nSPS) is 24.5. The lowest BCUT2D eigenvalue weighted by molar-refractivity contribution is -0.318. The summed E-state index contributed by atoms with van der Waals surface area (Å²) in [6, 6.07) is 8.22. The highest BCUT2D eigenvalue weighted by atomic mass is 19.4. The molecule has 1 N–H and O–H groups in total. The van der Waals surface area contributed by atoms with E-state index < -0.39 is 59.4 Å². The number of likely N-dealkylation sites (tertiary alicyclic amines) is 1. The molecular formula is C23H23F7N2O. The Morgan fingerprint density at radius 1 is 1.06 bits per heavy atom. The molecule has 2 aromatic carbocycles. The number of amides is 1. The van der Waals surface area contributed by atoms with Gasteiger partial charge in [-0.15, -0.1) is 0 Å². The molecular weight excluding hydrogens is 453 g/mol. The number of carbonyl (C=O) groups excluding carboxylic acids is 1. The van der Waals surface area contributed by atoms with Gasteiger partial charge < -0.3 is 5.32 Å². The van der Waals surface area contributed by atoms with Crippen LogP contribution in [-0.2, 0) is 11.2 Å². The van der Waals surface area contributed by atoms with E-state index >= 15 is 0 Å². The summed E-state index contributed by atoms with van der Waals surface area (Å²) < 4.78 is 98.2. The first-order valence-electron chi connectivity index (χ1n) is 10.3. The number of rotatable bonds is 4. The van der Waals surface area contributed by atoms with Crippen LogP contribution in [0.2, 0.25) is 0 Å². The molecule has 0 aromatic heterocycles. The molecule has 0 spiro atoms. The number of aryl methyl sites for hydroxylation is 1. The van der Waals surface area contributed by atoms with Crippen LogP contribution in [0, 0.1) is 24.6 Å². The number of halogens is 7. The van der Waals surface area contributed by atoms with E-state index in [2.05, 4.69) is 5.32 Å². The van der Waals surface area contributed by atoms with Crippen molar-refractivity contribution in [2.75, 3.05) is 13.6 Å². The van der Waals surface area contributed by atoms with Crippen LogP contribution in [0.4, 0.5) is 30.7 Å². The average Bonchev–Trinajstić information content (AvgIpc) is 2.71. The molecule has 33 heavy (non-hydrogen) atoms. The van der Waals surface area contributed by atoms with Crippen LogP contribution >= 0.6 is 0 Å². The van der Waals surface area contributed by atoms with Crippen LogP contribution in [-0.4, -0.2) is 42.9 Å². The Morgan fingerprint density at radius 2 is 1.70 bits per heavy atom. The minimum atomic E-state index is -5.30. The van der Waals surface area contributed by atoms with Crippen molar-refractivity contribution in [3.8, 4) is 0 Å². The van der Waals surface area contributed by atoms with Crippen molar-refractivity contribution in [1.82, 2.24) is 10.2 Å². The number of hydrogen-bond donors (Lipinski definition) is 1. The Bertz CT molecular complexity index is 975. The lowest BCUT2D eigenvalue weighted by atomic mass is 9.67. The van der Waals surface area contributed by atoms with Crippen molar-refractivity contribution < 1.29 is 35.5 Å². The van der Waals surface area contributed by atoms with Crippen molar-refractivity contribution >= 4 is 5.91 Å². The first kappa shape index (κ1) is 25.0. The predicted octanol–water partition coefficient (Wildman–Crippen LogP) is 5.21. The Kier molecular flexibility index (Phi) is 7.07.